The summed E-state index contributed by atoms with van der Waals surface area (Å²) in [6, 6.07) is 0. The van der Waals surface area contributed by atoms with Gasteiger partial charge in [0.25, 0.3) is 5.91 Å². The summed E-state index contributed by atoms with van der Waals surface area (Å²) < 4.78 is 24.9. The summed E-state index contributed by atoms with van der Waals surface area (Å²) in [5.74, 6) is -5.00. The normalized spacial score (nSPS) is 11.6. The summed E-state index contributed by atoms with van der Waals surface area (Å²) in [5.41, 5.74) is 4.46. The summed E-state index contributed by atoms with van der Waals surface area (Å²) in [7, 11) is 0. The van der Waals surface area contributed by atoms with Gasteiger partial charge in [-0.3, -0.25) is 4.79 Å². The second kappa shape index (κ2) is 5.03. The fourth-order valence-electron chi connectivity index (χ4n) is 0.634. The Balaban J connectivity index is 3.54. The minimum atomic E-state index is -3.42. The van der Waals surface area contributed by atoms with Crippen LogP contribution in [0.15, 0.2) is 0 Å². The highest BCUT2D eigenvalue weighted by molar-refractivity contribution is 5.81. The fraction of sp³-hybridized carbons (Fsp3) is 0.857. The average molecular weight is 180 g/mol. The van der Waals surface area contributed by atoms with Crippen molar-refractivity contribution in [2.24, 2.45) is 5.73 Å². The number of hydrogen-bond acceptors (Lipinski definition) is 2. The number of rotatable bonds is 6. The number of carbonyl (C=O) groups is 1. The first-order chi connectivity index (χ1) is 5.50. The lowest BCUT2D eigenvalue weighted by atomic mass is 10.3. The van der Waals surface area contributed by atoms with Crippen LogP contribution in [-0.4, -0.2) is 24.9 Å². The molecule has 0 aliphatic heterocycles. The van der Waals surface area contributed by atoms with E-state index in [0.717, 1.165) is 12.8 Å². The molecule has 0 aromatic carbocycles. The molecule has 0 atom stereocenters. The number of alkyl halides is 2. The molecule has 5 heteroatoms. The quantitative estimate of drug-likeness (QED) is 0.585. The maximum atomic E-state index is 12.4. The standard InChI is InChI=1S/C7H14F2N2O/c1-2-3-4-11-5-7(8,9)6(10)12/h11H,2-5H2,1H3,(H2,10,12). The van der Waals surface area contributed by atoms with Crippen LogP contribution in [0, 0.1) is 0 Å². The van der Waals surface area contributed by atoms with Gasteiger partial charge in [-0.2, -0.15) is 8.78 Å². The highest BCUT2D eigenvalue weighted by atomic mass is 19.3. The van der Waals surface area contributed by atoms with Crippen LogP contribution in [0.1, 0.15) is 19.8 Å². The van der Waals surface area contributed by atoms with Crippen LogP contribution in [0.25, 0.3) is 0 Å². The lowest BCUT2D eigenvalue weighted by Gasteiger charge is -2.12. The van der Waals surface area contributed by atoms with Gasteiger partial charge in [-0.15, -0.1) is 0 Å². The van der Waals surface area contributed by atoms with Gasteiger partial charge in [-0.05, 0) is 13.0 Å². The molecule has 0 saturated heterocycles. The molecular weight excluding hydrogens is 166 g/mol. The summed E-state index contributed by atoms with van der Waals surface area (Å²) in [5, 5.41) is 2.46. The predicted molar refractivity (Wildman–Crippen MR) is 41.9 cm³/mol. The van der Waals surface area contributed by atoms with Gasteiger partial charge < -0.3 is 11.1 Å². The van der Waals surface area contributed by atoms with E-state index in [9.17, 15) is 13.6 Å². The summed E-state index contributed by atoms with van der Waals surface area (Å²) in [6.07, 6.45) is 1.74. The number of nitrogens with two attached hydrogens (primary N) is 1. The van der Waals surface area contributed by atoms with Crippen molar-refractivity contribution in [3.05, 3.63) is 0 Å². The van der Waals surface area contributed by atoms with Crippen LogP contribution in [0.4, 0.5) is 8.78 Å². The number of unbranched alkanes of at least 4 members (excludes halogenated alkanes) is 1. The SMILES string of the molecule is CCCCNCC(F)(F)C(N)=O. The molecule has 0 spiro atoms. The zero-order valence-corrected chi connectivity index (χ0v) is 7.07. The predicted octanol–water partition coefficient (Wildman–Crippen LogP) is 0.497. The first-order valence-corrected chi connectivity index (χ1v) is 3.89. The molecule has 0 aromatic heterocycles. The third-order valence-corrected chi connectivity index (χ3v) is 1.41. The van der Waals surface area contributed by atoms with Crippen LogP contribution in [0.2, 0.25) is 0 Å². The number of carbonyl (C=O) groups excluding carboxylic acids is 1. The van der Waals surface area contributed by atoms with Crippen molar-refractivity contribution < 1.29 is 13.6 Å². The molecule has 0 fully saturated rings. The molecule has 0 unspecified atom stereocenters. The molecule has 12 heavy (non-hydrogen) atoms. The van der Waals surface area contributed by atoms with E-state index in [-0.39, 0.29) is 0 Å². The van der Waals surface area contributed by atoms with Crippen molar-refractivity contribution >= 4 is 5.91 Å². The Hall–Kier alpha value is -0.710. The van der Waals surface area contributed by atoms with Crippen molar-refractivity contribution in [3.63, 3.8) is 0 Å². The van der Waals surface area contributed by atoms with E-state index in [1.165, 1.54) is 0 Å². The molecule has 3 N–H and O–H groups in total. The van der Waals surface area contributed by atoms with E-state index in [1.54, 1.807) is 0 Å². The fourth-order valence-corrected chi connectivity index (χ4v) is 0.634. The van der Waals surface area contributed by atoms with Crippen molar-refractivity contribution in [3.8, 4) is 0 Å². The lowest BCUT2D eigenvalue weighted by Crippen LogP contribution is -2.44. The van der Waals surface area contributed by atoms with E-state index >= 15 is 0 Å². The topological polar surface area (TPSA) is 55.1 Å². The highest BCUT2D eigenvalue weighted by Crippen LogP contribution is 2.09. The van der Waals surface area contributed by atoms with Gasteiger partial charge >= 0.3 is 5.92 Å². The summed E-state index contributed by atoms with van der Waals surface area (Å²) >= 11 is 0. The molecule has 1 amide bonds. The second-order valence-corrected chi connectivity index (χ2v) is 2.60. The molecule has 0 aliphatic rings. The number of amides is 1. The third-order valence-electron chi connectivity index (χ3n) is 1.41. The number of hydrogen-bond donors (Lipinski definition) is 2. The van der Waals surface area contributed by atoms with Gasteiger partial charge in [-0.1, -0.05) is 13.3 Å². The van der Waals surface area contributed by atoms with Crippen LogP contribution >= 0.6 is 0 Å². The lowest BCUT2D eigenvalue weighted by molar-refractivity contribution is -0.141. The van der Waals surface area contributed by atoms with Crippen LogP contribution in [0.5, 0.6) is 0 Å². The molecule has 3 nitrogen and oxygen atoms in total. The zero-order valence-electron chi connectivity index (χ0n) is 7.07. The monoisotopic (exact) mass is 180 g/mol. The Morgan fingerprint density at radius 1 is 1.58 bits per heavy atom. The molecule has 0 radical (unpaired) electrons. The Kier molecular flexibility index (Phi) is 4.73. The maximum absolute atomic E-state index is 12.4. The Bertz CT molecular complexity index is 150. The number of primary amides is 1. The molecular formula is C7H14F2N2O. The third kappa shape index (κ3) is 4.23. The molecule has 0 rings (SSSR count). The van der Waals surface area contributed by atoms with E-state index in [4.69, 9.17) is 0 Å². The van der Waals surface area contributed by atoms with Crippen LogP contribution in [-0.2, 0) is 4.79 Å². The van der Waals surface area contributed by atoms with Gasteiger partial charge in [0.05, 0.1) is 6.54 Å². The summed E-state index contributed by atoms with van der Waals surface area (Å²) in [6.45, 7) is 1.77. The van der Waals surface area contributed by atoms with Gasteiger partial charge in [0.2, 0.25) is 0 Å². The van der Waals surface area contributed by atoms with Crippen molar-refractivity contribution in [1.29, 1.82) is 0 Å². The van der Waals surface area contributed by atoms with Gasteiger partial charge in [0, 0.05) is 0 Å². The molecule has 0 saturated carbocycles. The van der Waals surface area contributed by atoms with Gasteiger partial charge in [0.15, 0.2) is 0 Å². The van der Waals surface area contributed by atoms with E-state index < -0.39 is 18.4 Å². The maximum Gasteiger partial charge on any atom is 0.336 e. The average Bonchev–Trinajstić information content (AvgIpc) is 1.98. The first-order valence-electron chi connectivity index (χ1n) is 3.89. The van der Waals surface area contributed by atoms with Crippen molar-refractivity contribution in [2.45, 2.75) is 25.7 Å². The summed E-state index contributed by atoms with van der Waals surface area (Å²) in [4.78, 5) is 10.1. The molecule has 0 heterocycles. The van der Waals surface area contributed by atoms with Gasteiger partial charge in [-0.25, -0.2) is 0 Å². The van der Waals surface area contributed by atoms with Gasteiger partial charge in [0.1, 0.15) is 0 Å². The molecule has 72 valence electrons. The first kappa shape index (κ1) is 11.3. The number of nitrogens with one attached hydrogen (secondary N) is 1. The molecule has 0 aliphatic carbocycles. The van der Waals surface area contributed by atoms with E-state index in [2.05, 4.69) is 11.1 Å². The van der Waals surface area contributed by atoms with E-state index in [1.807, 2.05) is 6.92 Å². The van der Waals surface area contributed by atoms with Crippen LogP contribution < -0.4 is 11.1 Å². The molecule has 0 aromatic rings. The zero-order chi connectivity index (χ0) is 9.61. The highest BCUT2D eigenvalue weighted by Gasteiger charge is 2.35. The van der Waals surface area contributed by atoms with Crippen molar-refractivity contribution in [1.82, 2.24) is 5.32 Å². The van der Waals surface area contributed by atoms with E-state index in [0.29, 0.717) is 6.54 Å². The Labute approximate surface area is 70.3 Å². The largest absolute Gasteiger partial charge is 0.364 e. The second-order valence-electron chi connectivity index (χ2n) is 2.60. The Morgan fingerprint density at radius 3 is 2.58 bits per heavy atom. The van der Waals surface area contributed by atoms with Crippen LogP contribution in [0.3, 0.4) is 0 Å². The molecule has 0 bridgehead atoms. The van der Waals surface area contributed by atoms with Crippen molar-refractivity contribution in [2.75, 3.05) is 13.1 Å². The Morgan fingerprint density at radius 2 is 2.17 bits per heavy atom. The number of halogens is 2. The minimum Gasteiger partial charge on any atom is -0.364 e. The smallest absolute Gasteiger partial charge is 0.336 e. The minimum absolute atomic E-state index is 0.485.